The molecule has 0 amide bonds. The lowest BCUT2D eigenvalue weighted by atomic mass is 10.1. The van der Waals surface area contributed by atoms with E-state index in [9.17, 15) is 0 Å². The Labute approximate surface area is 167 Å². The van der Waals surface area contributed by atoms with E-state index in [-0.39, 0.29) is 0 Å². The summed E-state index contributed by atoms with van der Waals surface area (Å²) in [6, 6.07) is 9.07. The van der Waals surface area contributed by atoms with Crippen molar-refractivity contribution < 1.29 is 4.74 Å². The molecular formula is C21H32N6O. The summed E-state index contributed by atoms with van der Waals surface area (Å²) in [5.74, 6) is 0.866. The molecule has 0 saturated carbocycles. The van der Waals surface area contributed by atoms with Crippen molar-refractivity contribution in [3.8, 4) is 0 Å². The predicted octanol–water partition coefficient (Wildman–Crippen LogP) is 1.71. The third kappa shape index (κ3) is 6.35. The number of hydrogen-bond acceptors (Lipinski definition) is 4. The van der Waals surface area contributed by atoms with Crippen molar-refractivity contribution >= 4 is 5.96 Å². The van der Waals surface area contributed by atoms with Crippen LogP contribution in [0.1, 0.15) is 25.0 Å². The third-order valence-corrected chi connectivity index (χ3v) is 4.95. The van der Waals surface area contributed by atoms with Crippen LogP contribution >= 0.6 is 0 Å². The molecule has 2 heterocycles. The van der Waals surface area contributed by atoms with Crippen LogP contribution in [0, 0.1) is 0 Å². The third-order valence-electron chi connectivity index (χ3n) is 4.95. The van der Waals surface area contributed by atoms with E-state index in [4.69, 9.17) is 9.73 Å². The van der Waals surface area contributed by atoms with Gasteiger partial charge in [0.25, 0.3) is 0 Å². The smallest absolute Gasteiger partial charge is 0.191 e. The van der Waals surface area contributed by atoms with E-state index in [1.807, 2.05) is 12.5 Å². The fourth-order valence-electron chi connectivity index (χ4n) is 3.24. The van der Waals surface area contributed by atoms with E-state index >= 15 is 0 Å². The number of benzene rings is 1. The number of nitrogens with zero attached hydrogens (tertiary/aromatic N) is 4. The lowest BCUT2D eigenvalue weighted by Crippen LogP contribution is -2.49. The number of guanidine groups is 1. The Kier molecular flexibility index (Phi) is 7.87. The lowest BCUT2D eigenvalue weighted by Gasteiger charge is -2.32. The van der Waals surface area contributed by atoms with Crippen LogP contribution in [0.4, 0.5) is 0 Å². The first-order valence-electron chi connectivity index (χ1n) is 10.1. The summed E-state index contributed by atoms with van der Waals surface area (Å²) in [6.07, 6.45) is 5.62. The maximum absolute atomic E-state index is 5.44. The first-order chi connectivity index (χ1) is 13.7. The van der Waals surface area contributed by atoms with Crippen LogP contribution in [-0.2, 0) is 17.8 Å². The highest BCUT2D eigenvalue weighted by atomic mass is 16.5. The van der Waals surface area contributed by atoms with Crippen LogP contribution in [0.15, 0.2) is 48.0 Å². The summed E-state index contributed by atoms with van der Waals surface area (Å²) in [6.45, 7) is 11.2. The molecule has 0 aliphatic carbocycles. The van der Waals surface area contributed by atoms with Crippen molar-refractivity contribution in [1.29, 1.82) is 0 Å². The van der Waals surface area contributed by atoms with E-state index in [2.05, 4.69) is 63.2 Å². The van der Waals surface area contributed by atoms with E-state index in [1.54, 1.807) is 6.20 Å². The lowest BCUT2D eigenvalue weighted by molar-refractivity contribution is 0.0211. The number of aromatic nitrogens is 2. The minimum Gasteiger partial charge on any atom is -0.379 e. The minimum atomic E-state index is 0.454. The molecule has 0 radical (unpaired) electrons. The van der Waals surface area contributed by atoms with Crippen molar-refractivity contribution in [2.75, 3.05) is 39.4 Å². The molecular weight excluding hydrogens is 352 g/mol. The molecule has 1 atom stereocenters. The van der Waals surface area contributed by atoms with E-state index in [0.717, 1.165) is 51.9 Å². The first kappa shape index (κ1) is 20.4. The molecule has 3 rings (SSSR count). The Morgan fingerprint density at radius 2 is 1.93 bits per heavy atom. The summed E-state index contributed by atoms with van der Waals surface area (Å²) in [5, 5.41) is 6.81. The number of rotatable bonds is 8. The molecule has 0 spiro atoms. The molecule has 1 aliphatic heterocycles. The van der Waals surface area contributed by atoms with Crippen molar-refractivity contribution in [3.63, 3.8) is 0 Å². The largest absolute Gasteiger partial charge is 0.379 e. The van der Waals surface area contributed by atoms with Gasteiger partial charge in [-0.25, -0.2) is 9.98 Å². The molecule has 7 heteroatoms. The first-order valence-corrected chi connectivity index (χ1v) is 10.1. The maximum atomic E-state index is 5.44. The summed E-state index contributed by atoms with van der Waals surface area (Å²) in [7, 11) is 0. The maximum Gasteiger partial charge on any atom is 0.191 e. The molecule has 7 nitrogen and oxygen atoms in total. The Morgan fingerprint density at radius 1 is 1.18 bits per heavy atom. The molecule has 152 valence electrons. The SMILES string of the molecule is CCNC(=NCc1ccc(Cn2ccnc2)cc1)NCC(C)N1CCOCC1. The van der Waals surface area contributed by atoms with Gasteiger partial charge in [-0.3, -0.25) is 4.90 Å². The van der Waals surface area contributed by atoms with Crippen LogP contribution in [-0.4, -0.2) is 65.8 Å². The molecule has 2 aromatic rings. The monoisotopic (exact) mass is 384 g/mol. The van der Waals surface area contributed by atoms with Crippen molar-refractivity contribution in [3.05, 3.63) is 54.1 Å². The Bertz CT molecular complexity index is 707. The number of imidazole rings is 1. The van der Waals surface area contributed by atoms with Crippen LogP contribution in [0.2, 0.25) is 0 Å². The highest BCUT2D eigenvalue weighted by molar-refractivity contribution is 5.79. The van der Waals surface area contributed by atoms with Gasteiger partial charge in [0, 0.05) is 51.2 Å². The predicted molar refractivity (Wildman–Crippen MR) is 112 cm³/mol. The molecule has 1 saturated heterocycles. The zero-order chi connectivity index (χ0) is 19.6. The van der Waals surface area contributed by atoms with Crippen LogP contribution < -0.4 is 10.6 Å². The average Bonchev–Trinajstić information content (AvgIpc) is 3.24. The zero-order valence-corrected chi connectivity index (χ0v) is 17.0. The highest BCUT2D eigenvalue weighted by Crippen LogP contribution is 2.08. The van der Waals surface area contributed by atoms with Crippen LogP contribution in [0.3, 0.4) is 0 Å². The molecule has 2 N–H and O–H groups in total. The molecule has 1 aromatic carbocycles. The van der Waals surface area contributed by atoms with Gasteiger partial charge in [0.1, 0.15) is 0 Å². The van der Waals surface area contributed by atoms with Gasteiger partial charge in [-0.2, -0.15) is 0 Å². The van der Waals surface area contributed by atoms with Gasteiger partial charge in [0.2, 0.25) is 0 Å². The second kappa shape index (κ2) is 10.8. The van der Waals surface area contributed by atoms with Gasteiger partial charge in [-0.15, -0.1) is 0 Å². The highest BCUT2D eigenvalue weighted by Gasteiger charge is 2.16. The van der Waals surface area contributed by atoms with Crippen LogP contribution in [0.25, 0.3) is 0 Å². The van der Waals surface area contributed by atoms with Gasteiger partial charge in [-0.05, 0) is 25.0 Å². The summed E-state index contributed by atoms with van der Waals surface area (Å²) in [5.41, 5.74) is 2.46. The second-order valence-corrected chi connectivity index (χ2v) is 7.12. The number of ether oxygens (including phenoxy) is 1. The van der Waals surface area contributed by atoms with Crippen molar-refractivity contribution in [2.24, 2.45) is 4.99 Å². The molecule has 1 fully saturated rings. The Hall–Kier alpha value is -2.38. The minimum absolute atomic E-state index is 0.454. The van der Waals surface area contributed by atoms with Crippen molar-refractivity contribution in [2.45, 2.75) is 33.0 Å². The number of aliphatic imine (C=N–C) groups is 1. The zero-order valence-electron chi connectivity index (χ0n) is 17.0. The number of hydrogen-bond donors (Lipinski definition) is 2. The van der Waals surface area contributed by atoms with Gasteiger partial charge in [0.05, 0.1) is 26.1 Å². The number of morpholine rings is 1. The van der Waals surface area contributed by atoms with E-state index in [0.29, 0.717) is 12.6 Å². The number of nitrogens with one attached hydrogen (secondary N) is 2. The van der Waals surface area contributed by atoms with Gasteiger partial charge in [0.15, 0.2) is 5.96 Å². The second-order valence-electron chi connectivity index (χ2n) is 7.12. The molecule has 0 bridgehead atoms. The summed E-state index contributed by atoms with van der Waals surface area (Å²) >= 11 is 0. The van der Waals surface area contributed by atoms with Gasteiger partial charge >= 0.3 is 0 Å². The standard InChI is InChI=1S/C21H32N6O/c1-3-23-21(24-14-18(2)27-10-12-28-13-11-27)25-15-19-4-6-20(7-5-19)16-26-9-8-22-17-26/h4-9,17-18H,3,10-16H2,1-2H3,(H2,23,24,25). The Morgan fingerprint density at radius 3 is 2.61 bits per heavy atom. The molecule has 1 aliphatic rings. The fraction of sp³-hybridized carbons (Fsp3) is 0.524. The Balaban J connectivity index is 1.50. The quantitative estimate of drug-likeness (QED) is 0.536. The fourth-order valence-corrected chi connectivity index (χ4v) is 3.24. The van der Waals surface area contributed by atoms with Gasteiger partial charge in [-0.1, -0.05) is 24.3 Å². The molecule has 1 unspecified atom stereocenters. The summed E-state index contributed by atoms with van der Waals surface area (Å²) < 4.78 is 7.50. The molecule has 28 heavy (non-hydrogen) atoms. The van der Waals surface area contributed by atoms with E-state index < -0.39 is 0 Å². The average molecular weight is 385 g/mol. The van der Waals surface area contributed by atoms with Crippen LogP contribution in [0.5, 0.6) is 0 Å². The van der Waals surface area contributed by atoms with E-state index in [1.165, 1.54) is 11.1 Å². The normalized spacial score (nSPS) is 16.7. The topological polar surface area (TPSA) is 66.7 Å². The summed E-state index contributed by atoms with van der Waals surface area (Å²) in [4.78, 5) is 11.3. The van der Waals surface area contributed by atoms with Crippen molar-refractivity contribution in [1.82, 2.24) is 25.1 Å². The molecule has 1 aromatic heterocycles. The van der Waals surface area contributed by atoms with Gasteiger partial charge < -0.3 is 19.9 Å².